The van der Waals surface area contributed by atoms with Crippen LogP contribution in [0.25, 0.3) is 16.5 Å². The highest BCUT2D eigenvalue weighted by molar-refractivity contribution is 6.27. The standard InChI is InChI=1S/C25H18N6/c1-14-15-8-2-4-10-17(15)22(27-14)29-24-19-12-6-7-13-20(19)25(31-24)30-23-18-11-5-3-9-16(18)21(26)28-23/h2-13,28H,1,26H2,(H,27,29,30,31). The molecule has 1 aromatic heterocycles. The molecule has 4 N–H and O–H groups in total. The molecule has 0 unspecified atom stereocenters. The monoisotopic (exact) mass is 402 g/mol. The number of aromatic amines is 1. The van der Waals surface area contributed by atoms with Crippen LogP contribution in [0.3, 0.4) is 0 Å². The van der Waals surface area contributed by atoms with Crippen LogP contribution in [0.5, 0.6) is 0 Å². The number of anilines is 1. The Balaban J connectivity index is 1.50. The Bertz CT molecular complexity index is 1480. The van der Waals surface area contributed by atoms with Crippen molar-refractivity contribution in [2.75, 3.05) is 5.73 Å². The zero-order valence-corrected chi connectivity index (χ0v) is 16.6. The van der Waals surface area contributed by atoms with Crippen molar-refractivity contribution in [3.8, 4) is 0 Å². The quantitative estimate of drug-likeness (QED) is 0.434. The highest BCUT2D eigenvalue weighted by atomic mass is 15.1. The van der Waals surface area contributed by atoms with Gasteiger partial charge in [-0.05, 0) is 0 Å². The molecule has 3 aromatic carbocycles. The second-order valence-corrected chi connectivity index (χ2v) is 7.46. The van der Waals surface area contributed by atoms with Crippen LogP contribution >= 0.6 is 0 Å². The Morgan fingerprint density at radius 1 is 0.742 bits per heavy atom. The van der Waals surface area contributed by atoms with Gasteiger partial charge in [0.05, 0.1) is 0 Å². The summed E-state index contributed by atoms with van der Waals surface area (Å²) in [5.74, 6) is 3.24. The van der Waals surface area contributed by atoms with Gasteiger partial charge >= 0.3 is 0 Å². The number of amidine groups is 3. The van der Waals surface area contributed by atoms with E-state index in [1.54, 1.807) is 0 Å². The lowest BCUT2D eigenvalue weighted by Crippen LogP contribution is -2.16. The maximum Gasteiger partial charge on any atom is 0.164 e. The first-order valence-electron chi connectivity index (χ1n) is 9.97. The normalized spacial score (nSPS) is 17.2. The number of aliphatic imine (C=N–C) groups is 3. The van der Waals surface area contributed by atoms with Gasteiger partial charge in [-0.3, -0.25) is 0 Å². The third kappa shape index (κ3) is 2.69. The lowest BCUT2D eigenvalue weighted by molar-refractivity contribution is 1.34. The molecule has 2 aliphatic rings. The first-order chi connectivity index (χ1) is 15.2. The van der Waals surface area contributed by atoms with Crippen molar-refractivity contribution in [1.29, 1.82) is 0 Å². The molecule has 0 atom stereocenters. The van der Waals surface area contributed by atoms with Crippen LogP contribution in [-0.2, 0) is 0 Å². The Hall–Kier alpha value is -4.45. The number of fused-ring (bicyclic) bond motifs is 3. The van der Waals surface area contributed by atoms with Gasteiger partial charge in [-0.25, -0.2) is 15.0 Å². The van der Waals surface area contributed by atoms with E-state index in [0.717, 1.165) is 44.6 Å². The number of rotatable bonds is 1. The van der Waals surface area contributed by atoms with E-state index in [4.69, 9.17) is 20.7 Å². The molecular formula is C25H18N6. The Labute approximate surface area is 178 Å². The molecule has 0 saturated carbocycles. The highest BCUT2D eigenvalue weighted by Crippen LogP contribution is 2.32. The van der Waals surface area contributed by atoms with Gasteiger partial charge in [-0.2, -0.15) is 0 Å². The van der Waals surface area contributed by atoms with Gasteiger partial charge in [0, 0.05) is 38.7 Å². The molecule has 0 fully saturated rings. The topological polar surface area (TPSA) is 90.9 Å². The van der Waals surface area contributed by atoms with Gasteiger partial charge in [-0.15, -0.1) is 0 Å². The molecule has 0 bridgehead atoms. The van der Waals surface area contributed by atoms with Crippen molar-refractivity contribution in [3.05, 3.63) is 102 Å². The van der Waals surface area contributed by atoms with Crippen LogP contribution in [0.2, 0.25) is 0 Å². The zero-order chi connectivity index (χ0) is 20.9. The summed E-state index contributed by atoms with van der Waals surface area (Å²) in [6.07, 6.45) is 0. The molecule has 0 spiro atoms. The van der Waals surface area contributed by atoms with Crippen LogP contribution in [-0.4, -0.2) is 22.5 Å². The number of nitrogens with zero attached hydrogens (tertiary/aromatic N) is 3. The molecule has 3 heterocycles. The lowest BCUT2D eigenvalue weighted by atomic mass is 10.1. The van der Waals surface area contributed by atoms with E-state index in [9.17, 15) is 0 Å². The van der Waals surface area contributed by atoms with Crippen LogP contribution in [0.1, 0.15) is 22.3 Å². The summed E-state index contributed by atoms with van der Waals surface area (Å²) < 4.78 is 0. The van der Waals surface area contributed by atoms with Gasteiger partial charge in [0.1, 0.15) is 17.5 Å². The largest absolute Gasteiger partial charge is 0.385 e. The summed E-state index contributed by atoms with van der Waals surface area (Å²) in [5, 5.41) is 5.19. The van der Waals surface area contributed by atoms with Crippen molar-refractivity contribution in [1.82, 2.24) is 10.3 Å². The Morgan fingerprint density at radius 2 is 1.39 bits per heavy atom. The predicted octanol–water partition coefficient (Wildman–Crippen LogP) is 4.61. The van der Waals surface area contributed by atoms with E-state index in [2.05, 4.69) is 16.9 Å². The first kappa shape index (κ1) is 17.4. The third-order valence-electron chi connectivity index (χ3n) is 5.56. The number of H-pyrrole nitrogens is 1. The molecule has 2 aliphatic heterocycles. The van der Waals surface area contributed by atoms with Gasteiger partial charge in [0.25, 0.3) is 0 Å². The molecule has 0 saturated heterocycles. The summed E-state index contributed by atoms with van der Waals surface area (Å²) in [6, 6.07) is 23.9. The molecule has 148 valence electrons. The molecule has 0 amide bonds. The SMILES string of the molecule is C=C1N/C(=N\C2=NC(=N\c3[nH]c(N)c4ccccc34)/c3ccccc32)c2ccccc21. The number of hydrogen-bond acceptors (Lipinski definition) is 3. The summed E-state index contributed by atoms with van der Waals surface area (Å²) in [7, 11) is 0. The predicted molar refractivity (Wildman–Crippen MR) is 127 cm³/mol. The smallest absolute Gasteiger partial charge is 0.164 e. The zero-order valence-electron chi connectivity index (χ0n) is 16.6. The van der Waals surface area contributed by atoms with Gasteiger partial charge in [-0.1, -0.05) is 79.4 Å². The fourth-order valence-electron chi connectivity index (χ4n) is 4.07. The number of nitrogens with one attached hydrogen (secondary N) is 2. The minimum atomic E-state index is 0.593. The summed E-state index contributed by atoms with van der Waals surface area (Å²) in [6.45, 7) is 4.10. The van der Waals surface area contributed by atoms with Crippen molar-refractivity contribution in [2.45, 2.75) is 0 Å². The van der Waals surface area contributed by atoms with Gasteiger partial charge < -0.3 is 16.0 Å². The fourth-order valence-corrected chi connectivity index (χ4v) is 4.07. The fraction of sp³-hybridized carbons (Fsp3) is 0. The van der Waals surface area contributed by atoms with E-state index in [1.165, 1.54) is 0 Å². The number of hydrogen-bond donors (Lipinski definition) is 3. The third-order valence-corrected chi connectivity index (χ3v) is 5.56. The molecule has 6 nitrogen and oxygen atoms in total. The van der Waals surface area contributed by atoms with Gasteiger partial charge in [0.2, 0.25) is 0 Å². The Morgan fingerprint density at radius 3 is 2.19 bits per heavy atom. The molecule has 0 radical (unpaired) electrons. The average Bonchev–Trinajstić information content (AvgIpc) is 3.42. The van der Waals surface area contributed by atoms with E-state index >= 15 is 0 Å². The number of nitrogen functional groups attached to an aromatic ring is 1. The van der Waals surface area contributed by atoms with Crippen molar-refractivity contribution in [2.24, 2.45) is 15.0 Å². The number of aromatic nitrogens is 1. The first-order valence-corrected chi connectivity index (χ1v) is 9.97. The summed E-state index contributed by atoms with van der Waals surface area (Å²) in [4.78, 5) is 17.6. The lowest BCUT2D eigenvalue weighted by Gasteiger charge is -2.01. The minimum absolute atomic E-state index is 0.593. The van der Waals surface area contributed by atoms with Crippen LogP contribution < -0.4 is 11.1 Å². The minimum Gasteiger partial charge on any atom is -0.385 e. The van der Waals surface area contributed by atoms with Crippen LogP contribution in [0.15, 0.2) is 94.4 Å². The maximum absolute atomic E-state index is 6.14. The van der Waals surface area contributed by atoms with Crippen molar-refractivity contribution >= 4 is 45.6 Å². The van der Waals surface area contributed by atoms with Crippen LogP contribution in [0, 0.1) is 0 Å². The number of nitrogens with two attached hydrogens (primary N) is 1. The van der Waals surface area contributed by atoms with Crippen molar-refractivity contribution in [3.63, 3.8) is 0 Å². The summed E-state index contributed by atoms with van der Waals surface area (Å²) in [5.41, 5.74) is 10.9. The molecule has 0 aliphatic carbocycles. The van der Waals surface area contributed by atoms with E-state index in [0.29, 0.717) is 23.3 Å². The number of benzene rings is 3. The molecular weight excluding hydrogens is 384 g/mol. The second kappa shape index (κ2) is 6.53. The van der Waals surface area contributed by atoms with Crippen LogP contribution in [0.4, 0.5) is 11.6 Å². The summed E-state index contributed by atoms with van der Waals surface area (Å²) >= 11 is 0. The Kier molecular flexibility index (Phi) is 3.67. The van der Waals surface area contributed by atoms with E-state index in [1.807, 2.05) is 72.8 Å². The second-order valence-electron chi connectivity index (χ2n) is 7.46. The average molecular weight is 402 g/mol. The van der Waals surface area contributed by atoms with Gasteiger partial charge in [0.15, 0.2) is 11.7 Å². The highest BCUT2D eigenvalue weighted by Gasteiger charge is 2.25. The van der Waals surface area contributed by atoms with Crippen molar-refractivity contribution < 1.29 is 0 Å². The van der Waals surface area contributed by atoms with E-state index in [-0.39, 0.29) is 0 Å². The molecule has 4 aromatic rings. The molecule has 6 heteroatoms. The van der Waals surface area contributed by atoms with E-state index < -0.39 is 0 Å². The maximum atomic E-state index is 6.14. The molecule has 6 rings (SSSR count). The molecule has 31 heavy (non-hydrogen) atoms.